The number of rotatable bonds is 7. The van der Waals surface area contributed by atoms with E-state index in [1.54, 1.807) is 22.9 Å². The topological polar surface area (TPSA) is 91.7 Å². The van der Waals surface area contributed by atoms with E-state index >= 15 is 0 Å². The smallest absolute Gasteiger partial charge is 0.340 e. The van der Waals surface area contributed by atoms with Gasteiger partial charge in [0.05, 0.1) is 44.0 Å². The van der Waals surface area contributed by atoms with Gasteiger partial charge in [-0.25, -0.2) is 13.9 Å². The molecule has 1 aromatic heterocycles. The van der Waals surface area contributed by atoms with E-state index in [1.165, 1.54) is 51.7 Å². The van der Waals surface area contributed by atoms with Gasteiger partial charge in [0.2, 0.25) is 5.91 Å². The van der Waals surface area contributed by atoms with Crippen molar-refractivity contribution in [2.45, 2.75) is 13.8 Å². The molecule has 33 heavy (non-hydrogen) atoms. The van der Waals surface area contributed by atoms with Gasteiger partial charge in [-0.2, -0.15) is 5.10 Å². The number of carbonyl (C=O) groups excluding carboxylic acids is 2. The van der Waals surface area contributed by atoms with Crippen molar-refractivity contribution in [3.05, 3.63) is 70.8 Å². The second-order valence-electron chi connectivity index (χ2n) is 7.04. The lowest BCUT2D eigenvalue weighted by Gasteiger charge is -2.14. The summed E-state index contributed by atoms with van der Waals surface area (Å²) >= 11 is 0. The second-order valence-corrected chi connectivity index (χ2v) is 7.04. The molecule has 0 fully saturated rings. The molecule has 0 spiro atoms. The number of esters is 1. The number of amides is 1. The number of methoxy groups -OCH3 is 3. The van der Waals surface area contributed by atoms with Gasteiger partial charge in [-0.15, -0.1) is 0 Å². The molecule has 0 aliphatic carbocycles. The van der Waals surface area contributed by atoms with Crippen LogP contribution in [-0.2, 0) is 9.53 Å². The largest absolute Gasteiger partial charge is 0.493 e. The Bertz CT molecular complexity index is 1220. The summed E-state index contributed by atoms with van der Waals surface area (Å²) < 4.78 is 30.2. The maximum Gasteiger partial charge on any atom is 0.340 e. The van der Waals surface area contributed by atoms with Gasteiger partial charge in [0, 0.05) is 29.5 Å². The Labute approximate surface area is 190 Å². The van der Waals surface area contributed by atoms with Crippen molar-refractivity contribution in [1.82, 2.24) is 9.78 Å². The summed E-state index contributed by atoms with van der Waals surface area (Å²) in [6, 6.07) is 8.89. The highest BCUT2D eigenvalue weighted by atomic mass is 19.1. The first-order valence-corrected chi connectivity index (χ1v) is 9.94. The van der Waals surface area contributed by atoms with E-state index in [2.05, 4.69) is 10.4 Å². The number of aromatic nitrogens is 2. The molecule has 1 amide bonds. The van der Waals surface area contributed by atoms with E-state index in [-0.39, 0.29) is 17.1 Å². The molecule has 9 heteroatoms. The molecule has 0 aliphatic heterocycles. The van der Waals surface area contributed by atoms with Crippen molar-refractivity contribution in [3.63, 3.8) is 0 Å². The molecule has 2 aromatic carbocycles. The number of nitrogens with zero attached hydrogens (tertiary/aromatic N) is 2. The van der Waals surface area contributed by atoms with Crippen LogP contribution < -0.4 is 14.8 Å². The molecule has 0 saturated heterocycles. The third-order valence-electron chi connectivity index (χ3n) is 5.01. The third kappa shape index (κ3) is 5.03. The van der Waals surface area contributed by atoms with Crippen LogP contribution in [0.4, 0.5) is 10.1 Å². The zero-order valence-corrected chi connectivity index (χ0v) is 18.9. The average molecular weight is 453 g/mol. The van der Waals surface area contributed by atoms with Gasteiger partial charge in [0.1, 0.15) is 5.82 Å². The van der Waals surface area contributed by atoms with E-state index in [4.69, 9.17) is 14.2 Å². The molecule has 172 valence electrons. The van der Waals surface area contributed by atoms with Crippen molar-refractivity contribution in [3.8, 4) is 17.2 Å². The van der Waals surface area contributed by atoms with Crippen LogP contribution in [0.5, 0.6) is 11.5 Å². The van der Waals surface area contributed by atoms with Crippen molar-refractivity contribution in [1.29, 1.82) is 0 Å². The zero-order valence-electron chi connectivity index (χ0n) is 18.9. The number of carbonyl (C=O) groups is 2. The SMILES string of the molecule is COC(=O)c1cc(OC)c(OC)cc1NC(=O)/C=C/c1c(C)nn(-c2ccc(F)cc2)c1C. The highest BCUT2D eigenvalue weighted by molar-refractivity contribution is 6.07. The summed E-state index contributed by atoms with van der Waals surface area (Å²) in [7, 11) is 4.14. The summed E-state index contributed by atoms with van der Waals surface area (Å²) in [6.07, 6.45) is 2.97. The number of hydrogen-bond donors (Lipinski definition) is 1. The van der Waals surface area contributed by atoms with Crippen molar-refractivity contribution in [2.75, 3.05) is 26.6 Å². The Balaban J connectivity index is 1.88. The number of halogens is 1. The molecule has 3 aromatic rings. The maximum atomic E-state index is 13.2. The van der Waals surface area contributed by atoms with E-state index in [1.807, 2.05) is 13.8 Å². The molecule has 0 radical (unpaired) electrons. The van der Waals surface area contributed by atoms with Crippen LogP contribution in [0, 0.1) is 19.7 Å². The lowest BCUT2D eigenvalue weighted by Crippen LogP contribution is -2.13. The van der Waals surface area contributed by atoms with Crippen LogP contribution in [-0.4, -0.2) is 43.0 Å². The van der Waals surface area contributed by atoms with Crippen LogP contribution >= 0.6 is 0 Å². The number of aryl methyl sites for hydroxylation is 1. The van der Waals surface area contributed by atoms with Crippen molar-refractivity contribution >= 4 is 23.6 Å². The first-order valence-electron chi connectivity index (χ1n) is 9.94. The normalized spacial score (nSPS) is 10.8. The predicted octanol–water partition coefficient (Wildman–Crippen LogP) is 4.08. The maximum absolute atomic E-state index is 13.2. The monoisotopic (exact) mass is 453 g/mol. The first-order chi connectivity index (χ1) is 15.8. The van der Waals surface area contributed by atoms with E-state index < -0.39 is 11.9 Å². The highest BCUT2D eigenvalue weighted by Crippen LogP contribution is 2.33. The fourth-order valence-electron chi connectivity index (χ4n) is 3.32. The minimum absolute atomic E-state index is 0.119. The third-order valence-corrected chi connectivity index (χ3v) is 5.01. The molecule has 0 atom stereocenters. The second kappa shape index (κ2) is 9.99. The van der Waals surface area contributed by atoms with Gasteiger partial charge in [-0.05, 0) is 44.2 Å². The first kappa shape index (κ1) is 23.5. The molecular weight excluding hydrogens is 429 g/mol. The Morgan fingerprint density at radius 1 is 1.03 bits per heavy atom. The van der Waals surface area contributed by atoms with Gasteiger partial charge in [-0.3, -0.25) is 4.79 Å². The number of anilines is 1. The summed E-state index contributed by atoms with van der Waals surface area (Å²) in [5, 5.41) is 7.16. The van der Waals surface area contributed by atoms with E-state index in [9.17, 15) is 14.0 Å². The molecule has 0 aliphatic rings. The summed E-state index contributed by atoms with van der Waals surface area (Å²) in [4.78, 5) is 24.8. The molecule has 1 heterocycles. The van der Waals surface area contributed by atoms with Gasteiger partial charge >= 0.3 is 5.97 Å². The number of ether oxygens (including phenoxy) is 3. The molecule has 3 rings (SSSR count). The Kier molecular flexibility index (Phi) is 7.12. The van der Waals surface area contributed by atoms with Gasteiger partial charge in [0.25, 0.3) is 0 Å². The van der Waals surface area contributed by atoms with Crippen molar-refractivity contribution < 1.29 is 28.2 Å². The summed E-state index contributed by atoms with van der Waals surface area (Å²) in [6.45, 7) is 3.67. The molecular formula is C24H24FN3O5. The summed E-state index contributed by atoms with van der Waals surface area (Å²) in [5.41, 5.74) is 3.26. The molecule has 8 nitrogen and oxygen atoms in total. The quantitative estimate of drug-likeness (QED) is 0.428. The average Bonchev–Trinajstić information content (AvgIpc) is 3.10. The minimum Gasteiger partial charge on any atom is -0.493 e. The summed E-state index contributed by atoms with van der Waals surface area (Å²) in [5.74, 6) is -0.774. The van der Waals surface area contributed by atoms with Crippen LogP contribution in [0.2, 0.25) is 0 Å². The van der Waals surface area contributed by atoms with Crippen LogP contribution in [0.1, 0.15) is 27.3 Å². The van der Waals surface area contributed by atoms with Crippen LogP contribution in [0.3, 0.4) is 0 Å². The van der Waals surface area contributed by atoms with Gasteiger partial charge in [0.15, 0.2) is 11.5 Å². The van der Waals surface area contributed by atoms with Gasteiger partial charge < -0.3 is 19.5 Å². The van der Waals surface area contributed by atoms with E-state index in [0.29, 0.717) is 22.9 Å². The van der Waals surface area contributed by atoms with Crippen LogP contribution in [0.25, 0.3) is 11.8 Å². The molecule has 1 N–H and O–H groups in total. The lowest BCUT2D eigenvalue weighted by atomic mass is 10.1. The lowest BCUT2D eigenvalue weighted by molar-refractivity contribution is -0.111. The fraction of sp³-hybridized carbons (Fsp3) is 0.208. The molecule has 0 unspecified atom stereocenters. The highest BCUT2D eigenvalue weighted by Gasteiger charge is 2.19. The van der Waals surface area contributed by atoms with Gasteiger partial charge in [-0.1, -0.05) is 0 Å². The minimum atomic E-state index is -0.637. The zero-order chi connectivity index (χ0) is 24.1. The Morgan fingerprint density at radius 2 is 1.67 bits per heavy atom. The number of benzene rings is 2. The molecule has 0 bridgehead atoms. The molecule has 0 saturated carbocycles. The predicted molar refractivity (Wildman–Crippen MR) is 122 cm³/mol. The standard InChI is InChI=1S/C24H24FN3O5/c1-14-18(15(2)28(27-14)17-8-6-16(25)7-9-17)10-11-23(29)26-20-13-22(32-4)21(31-3)12-19(20)24(30)33-5/h6-13H,1-5H3,(H,26,29)/b11-10+. The Morgan fingerprint density at radius 3 is 2.27 bits per heavy atom. The number of hydrogen-bond acceptors (Lipinski definition) is 6. The Hall–Kier alpha value is -4.14. The van der Waals surface area contributed by atoms with E-state index in [0.717, 1.165) is 11.3 Å². The van der Waals surface area contributed by atoms with Crippen molar-refractivity contribution in [2.24, 2.45) is 0 Å². The fourth-order valence-corrected chi connectivity index (χ4v) is 3.32. The number of nitrogens with one attached hydrogen (secondary N) is 1. The van der Waals surface area contributed by atoms with Crippen LogP contribution in [0.15, 0.2) is 42.5 Å².